The number of hydrogen-bond donors (Lipinski definition) is 1. The fourth-order valence-electron chi connectivity index (χ4n) is 2.95. The number of aromatic nitrogens is 2. The van der Waals surface area contributed by atoms with E-state index in [1.54, 1.807) is 28.8 Å². The van der Waals surface area contributed by atoms with E-state index in [9.17, 15) is 9.59 Å². The van der Waals surface area contributed by atoms with Gasteiger partial charge in [0.05, 0.1) is 12.0 Å². The van der Waals surface area contributed by atoms with Gasteiger partial charge in [-0.3, -0.25) is 14.3 Å². The van der Waals surface area contributed by atoms with E-state index in [1.807, 2.05) is 13.0 Å². The first kappa shape index (κ1) is 16.3. The van der Waals surface area contributed by atoms with Gasteiger partial charge in [0.15, 0.2) is 5.76 Å². The maximum absolute atomic E-state index is 12.4. The van der Waals surface area contributed by atoms with Crippen molar-refractivity contribution in [3.05, 3.63) is 41.6 Å². The number of amides is 2. The molecule has 2 aromatic heterocycles. The summed E-state index contributed by atoms with van der Waals surface area (Å²) < 4.78 is 6.77. The molecule has 7 heteroatoms. The van der Waals surface area contributed by atoms with Crippen LogP contribution in [0.15, 0.2) is 28.9 Å². The maximum atomic E-state index is 12.4. The summed E-state index contributed by atoms with van der Waals surface area (Å²) in [5, 5.41) is 7.35. The molecule has 0 radical (unpaired) electrons. The van der Waals surface area contributed by atoms with E-state index in [1.165, 1.54) is 6.26 Å². The molecule has 0 aromatic carbocycles. The maximum Gasteiger partial charge on any atom is 0.289 e. The van der Waals surface area contributed by atoms with Crippen LogP contribution in [0.1, 0.15) is 46.5 Å². The lowest BCUT2D eigenvalue weighted by atomic mass is 10.0. The van der Waals surface area contributed by atoms with Crippen LogP contribution in [0.2, 0.25) is 0 Å². The highest BCUT2D eigenvalue weighted by Crippen LogP contribution is 2.15. The zero-order valence-corrected chi connectivity index (χ0v) is 14.0. The summed E-state index contributed by atoms with van der Waals surface area (Å²) in [6.45, 7) is 3.22. The van der Waals surface area contributed by atoms with Gasteiger partial charge in [-0.05, 0) is 37.5 Å². The van der Waals surface area contributed by atoms with E-state index in [4.69, 9.17) is 4.42 Å². The molecule has 2 amide bonds. The molecule has 1 N–H and O–H groups in total. The summed E-state index contributed by atoms with van der Waals surface area (Å²) in [7, 11) is 1.78. The van der Waals surface area contributed by atoms with Crippen molar-refractivity contribution < 1.29 is 14.0 Å². The normalized spacial score (nSPS) is 15.5. The predicted molar refractivity (Wildman–Crippen MR) is 87.7 cm³/mol. The van der Waals surface area contributed by atoms with Crippen molar-refractivity contribution in [1.29, 1.82) is 0 Å². The van der Waals surface area contributed by atoms with Crippen molar-refractivity contribution in [1.82, 2.24) is 20.0 Å². The number of nitrogens with zero attached hydrogens (tertiary/aromatic N) is 3. The number of rotatable bonds is 4. The molecular formula is C17H22N4O3. The van der Waals surface area contributed by atoms with Crippen molar-refractivity contribution in [2.45, 2.75) is 32.2 Å². The Morgan fingerprint density at radius 2 is 2.12 bits per heavy atom. The van der Waals surface area contributed by atoms with Crippen molar-refractivity contribution in [2.75, 3.05) is 13.1 Å². The Kier molecular flexibility index (Phi) is 4.69. The summed E-state index contributed by atoms with van der Waals surface area (Å²) in [5.74, 6) is 0.156. The van der Waals surface area contributed by atoms with Gasteiger partial charge in [0.2, 0.25) is 0 Å². The number of hydrogen-bond acceptors (Lipinski definition) is 4. The highest BCUT2D eigenvalue weighted by atomic mass is 16.3. The Hall–Kier alpha value is -2.57. The molecule has 3 rings (SSSR count). The average molecular weight is 330 g/mol. The van der Waals surface area contributed by atoms with Crippen molar-refractivity contribution >= 4 is 11.8 Å². The zero-order chi connectivity index (χ0) is 17.1. The number of nitrogens with one attached hydrogen (secondary N) is 1. The Bertz CT molecular complexity index is 712. The van der Waals surface area contributed by atoms with Crippen LogP contribution in [-0.4, -0.2) is 45.6 Å². The summed E-state index contributed by atoms with van der Waals surface area (Å²) >= 11 is 0. The molecule has 0 bridgehead atoms. The molecular weight excluding hydrogens is 308 g/mol. The molecule has 2 aromatic rings. The van der Waals surface area contributed by atoms with E-state index in [0.717, 1.165) is 25.0 Å². The van der Waals surface area contributed by atoms with Gasteiger partial charge in [-0.15, -0.1) is 0 Å². The second kappa shape index (κ2) is 6.90. The minimum atomic E-state index is -0.111. The number of piperidine rings is 1. The monoisotopic (exact) mass is 330 g/mol. The van der Waals surface area contributed by atoms with Crippen molar-refractivity contribution in [3.8, 4) is 0 Å². The Morgan fingerprint density at radius 3 is 2.71 bits per heavy atom. The number of carbonyl (C=O) groups is 2. The molecule has 3 heterocycles. The fraction of sp³-hybridized carbons (Fsp3) is 0.471. The Balaban J connectivity index is 1.54. The minimum Gasteiger partial charge on any atom is -0.459 e. The van der Waals surface area contributed by atoms with Crippen LogP contribution < -0.4 is 5.32 Å². The first-order valence-corrected chi connectivity index (χ1v) is 8.25. The van der Waals surface area contributed by atoms with Crippen molar-refractivity contribution in [2.24, 2.45) is 7.05 Å². The van der Waals surface area contributed by atoms with Crippen LogP contribution in [0.4, 0.5) is 0 Å². The van der Waals surface area contributed by atoms with Crippen molar-refractivity contribution in [3.63, 3.8) is 0 Å². The summed E-state index contributed by atoms with van der Waals surface area (Å²) in [6, 6.07) is 5.27. The van der Waals surface area contributed by atoms with Crippen LogP contribution in [0, 0.1) is 0 Å². The molecule has 128 valence electrons. The van der Waals surface area contributed by atoms with Crippen LogP contribution in [0.3, 0.4) is 0 Å². The molecule has 24 heavy (non-hydrogen) atoms. The molecule has 0 aliphatic carbocycles. The topological polar surface area (TPSA) is 80.4 Å². The first-order chi connectivity index (χ1) is 11.6. The molecule has 0 atom stereocenters. The van der Waals surface area contributed by atoms with Gasteiger partial charge in [0.1, 0.15) is 5.69 Å². The van der Waals surface area contributed by atoms with Gasteiger partial charge < -0.3 is 14.6 Å². The molecule has 0 saturated carbocycles. The second-order valence-electron chi connectivity index (χ2n) is 6.02. The van der Waals surface area contributed by atoms with Gasteiger partial charge in [-0.1, -0.05) is 6.92 Å². The van der Waals surface area contributed by atoms with E-state index in [-0.39, 0.29) is 17.9 Å². The summed E-state index contributed by atoms with van der Waals surface area (Å²) in [5.41, 5.74) is 1.47. The number of furan rings is 1. The lowest BCUT2D eigenvalue weighted by Gasteiger charge is -2.31. The number of likely N-dealkylation sites (tertiary alicyclic amines) is 1. The second-order valence-corrected chi connectivity index (χ2v) is 6.02. The molecule has 0 spiro atoms. The lowest BCUT2D eigenvalue weighted by Crippen LogP contribution is -2.46. The Labute approximate surface area is 140 Å². The molecule has 1 fully saturated rings. The smallest absolute Gasteiger partial charge is 0.289 e. The van der Waals surface area contributed by atoms with Crippen LogP contribution in [-0.2, 0) is 13.5 Å². The van der Waals surface area contributed by atoms with Gasteiger partial charge >= 0.3 is 0 Å². The van der Waals surface area contributed by atoms with Crippen LogP contribution in [0.5, 0.6) is 0 Å². The van der Waals surface area contributed by atoms with E-state index < -0.39 is 0 Å². The Morgan fingerprint density at radius 1 is 1.38 bits per heavy atom. The molecule has 0 unspecified atom stereocenters. The summed E-state index contributed by atoms with van der Waals surface area (Å²) in [4.78, 5) is 26.4. The van der Waals surface area contributed by atoms with E-state index in [2.05, 4.69) is 10.4 Å². The average Bonchev–Trinajstić information content (AvgIpc) is 3.24. The third-order valence-corrected chi connectivity index (χ3v) is 4.37. The number of carbonyl (C=O) groups excluding carboxylic acids is 2. The first-order valence-electron chi connectivity index (χ1n) is 8.25. The SMILES string of the molecule is CCc1cc(C(=O)NC2CCN(C(=O)c3ccco3)CC2)n(C)n1. The molecule has 7 nitrogen and oxygen atoms in total. The lowest BCUT2D eigenvalue weighted by molar-refractivity contribution is 0.0666. The number of aryl methyl sites for hydroxylation is 2. The van der Waals surface area contributed by atoms with Gasteiger partial charge in [0, 0.05) is 26.2 Å². The van der Waals surface area contributed by atoms with E-state index in [0.29, 0.717) is 24.5 Å². The summed E-state index contributed by atoms with van der Waals surface area (Å²) in [6.07, 6.45) is 3.76. The largest absolute Gasteiger partial charge is 0.459 e. The molecule has 1 aliphatic heterocycles. The third-order valence-electron chi connectivity index (χ3n) is 4.37. The fourth-order valence-corrected chi connectivity index (χ4v) is 2.95. The third kappa shape index (κ3) is 3.34. The highest BCUT2D eigenvalue weighted by Gasteiger charge is 2.26. The zero-order valence-electron chi connectivity index (χ0n) is 14.0. The van der Waals surface area contributed by atoms with Gasteiger partial charge in [-0.2, -0.15) is 5.10 Å². The van der Waals surface area contributed by atoms with Gasteiger partial charge in [-0.25, -0.2) is 0 Å². The molecule has 1 aliphatic rings. The van der Waals surface area contributed by atoms with E-state index >= 15 is 0 Å². The standard InChI is InChI=1S/C17H22N4O3/c1-3-12-11-14(20(2)19-12)16(22)18-13-6-8-21(9-7-13)17(23)15-5-4-10-24-15/h4-5,10-11,13H,3,6-9H2,1-2H3,(H,18,22). The van der Waals surface area contributed by atoms with Crippen LogP contribution in [0.25, 0.3) is 0 Å². The van der Waals surface area contributed by atoms with Crippen LogP contribution >= 0.6 is 0 Å². The predicted octanol–water partition coefficient (Wildman–Crippen LogP) is 1.61. The van der Waals surface area contributed by atoms with Gasteiger partial charge in [0.25, 0.3) is 11.8 Å². The highest BCUT2D eigenvalue weighted by molar-refractivity contribution is 5.93. The minimum absolute atomic E-state index is 0.0677. The molecule has 1 saturated heterocycles. The quantitative estimate of drug-likeness (QED) is 0.923.